The number of aliphatic imine (C=N–C) groups is 1. The van der Waals surface area contributed by atoms with E-state index in [4.69, 9.17) is 22.1 Å². The number of aryl methyl sites for hydroxylation is 1. The Morgan fingerprint density at radius 2 is 1.80 bits per heavy atom. The highest BCUT2D eigenvalue weighted by atomic mass is 35.5. The lowest BCUT2D eigenvalue weighted by Crippen LogP contribution is -2.47. The van der Waals surface area contributed by atoms with E-state index in [9.17, 15) is 27.2 Å². The summed E-state index contributed by atoms with van der Waals surface area (Å²) in [7, 11) is 0. The van der Waals surface area contributed by atoms with E-state index in [1.54, 1.807) is 37.3 Å². The molecule has 1 saturated carbocycles. The van der Waals surface area contributed by atoms with Gasteiger partial charge in [0.2, 0.25) is 0 Å². The Labute approximate surface area is 296 Å². The Bertz CT molecular complexity index is 1890. The Morgan fingerprint density at radius 3 is 2.37 bits per heavy atom. The number of nitrogens with zero attached hydrogens (tertiary/aromatic N) is 7. The highest BCUT2D eigenvalue weighted by Gasteiger charge is 2.53. The average molecular weight is 732 g/mol. The predicted molar refractivity (Wildman–Crippen MR) is 182 cm³/mol. The summed E-state index contributed by atoms with van der Waals surface area (Å²) in [5.41, 5.74) is 6.66. The molecule has 0 unspecified atom stereocenters. The van der Waals surface area contributed by atoms with Gasteiger partial charge in [0.15, 0.2) is 5.96 Å². The van der Waals surface area contributed by atoms with Gasteiger partial charge in [0.25, 0.3) is 12.3 Å². The van der Waals surface area contributed by atoms with E-state index in [0.29, 0.717) is 44.3 Å². The predicted octanol–water partition coefficient (Wildman–Crippen LogP) is 6.95. The van der Waals surface area contributed by atoms with Gasteiger partial charge in [-0.25, -0.2) is 27.9 Å². The van der Waals surface area contributed by atoms with Crippen LogP contribution in [0.25, 0.3) is 16.8 Å². The normalized spacial score (nSPS) is 14.8. The average Bonchev–Trinajstić information content (AvgIpc) is 3.46. The minimum Gasteiger partial charge on any atom is -0.447 e. The van der Waals surface area contributed by atoms with Crippen LogP contribution in [0.15, 0.2) is 66.2 Å². The lowest BCUT2D eigenvalue weighted by Gasteiger charge is -2.32. The van der Waals surface area contributed by atoms with Crippen LogP contribution in [0.1, 0.15) is 74.4 Å². The second-order valence-electron chi connectivity index (χ2n) is 13.4. The first-order chi connectivity index (χ1) is 24.1. The van der Waals surface area contributed by atoms with E-state index in [1.165, 1.54) is 40.4 Å². The molecule has 0 radical (unpaired) electrons. The van der Waals surface area contributed by atoms with Gasteiger partial charge in [0.05, 0.1) is 22.9 Å². The number of amides is 2. The van der Waals surface area contributed by atoms with Gasteiger partial charge in [0, 0.05) is 23.9 Å². The van der Waals surface area contributed by atoms with Gasteiger partial charge >= 0.3 is 12.6 Å². The van der Waals surface area contributed by atoms with Gasteiger partial charge in [-0.2, -0.15) is 19.0 Å². The topological polar surface area (TPSA) is 146 Å². The molecular weight excluding hydrogens is 694 g/mol. The molecule has 2 aromatic carbocycles. The molecule has 0 saturated heterocycles. The first kappa shape index (κ1) is 37.3. The molecule has 2 heterocycles. The number of hydrogen-bond acceptors (Lipinski definition) is 7. The molecule has 0 aliphatic heterocycles. The van der Waals surface area contributed by atoms with Crippen LogP contribution in [-0.4, -0.2) is 72.5 Å². The lowest BCUT2D eigenvalue weighted by molar-refractivity contribution is 0.0566. The van der Waals surface area contributed by atoms with E-state index in [2.05, 4.69) is 25.5 Å². The molecule has 1 aliphatic rings. The smallest absolute Gasteiger partial charge is 0.407 e. The maximum absolute atomic E-state index is 14.5. The summed E-state index contributed by atoms with van der Waals surface area (Å²) in [6, 6.07) is 9.77. The maximum atomic E-state index is 14.5. The van der Waals surface area contributed by atoms with E-state index in [1.807, 2.05) is 20.8 Å². The zero-order chi connectivity index (χ0) is 37.1. The van der Waals surface area contributed by atoms with Crippen molar-refractivity contribution in [1.82, 2.24) is 34.8 Å². The number of nitrogens with one attached hydrogen (secondary N) is 1. The van der Waals surface area contributed by atoms with Gasteiger partial charge in [-0.1, -0.05) is 50.6 Å². The third-order valence-electron chi connectivity index (χ3n) is 8.41. The zero-order valence-corrected chi connectivity index (χ0v) is 29.1. The van der Waals surface area contributed by atoms with Crippen LogP contribution in [-0.2, 0) is 4.74 Å². The molecule has 1 atom stereocenters. The number of carbonyl (C=O) groups is 2. The summed E-state index contributed by atoms with van der Waals surface area (Å²) >= 11 is 6.57. The number of aromatic nitrogens is 5. The molecule has 3 N–H and O–H groups in total. The van der Waals surface area contributed by atoms with Crippen LogP contribution in [0.3, 0.4) is 0 Å². The van der Waals surface area contributed by atoms with Crippen molar-refractivity contribution < 1.29 is 31.9 Å². The van der Waals surface area contributed by atoms with E-state index >= 15 is 0 Å². The van der Waals surface area contributed by atoms with Crippen molar-refractivity contribution in [3.8, 4) is 16.8 Å². The molecule has 2 amide bonds. The van der Waals surface area contributed by atoms with Gasteiger partial charge in [-0.05, 0) is 67.0 Å². The summed E-state index contributed by atoms with van der Waals surface area (Å²) in [6.45, 7) is 4.71. The highest BCUT2D eigenvalue weighted by Crippen LogP contribution is 2.41. The van der Waals surface area contributed by atoms with Crippen molar-refractivity contribution in [2.75, 3.05) is 13.2 Å². The zero-order valence-electron chi connectivity index (χ0n) is 28.4. The summed E-state index contributed by atoms with van der Waals surface area (Å²) in [5.74, 6) is -0.325. The number of benzene rings is 2. The number of ether oxygens (including phenoxy) is 1. The number of nitrogens with two attached hydrogens (primary N) is 1. The second-order valence-corrected chi connectivity index (χ2v) is 13.8. The fraction of sp³-hybridized carbons (Fsp3) is 0.412. The monoisotopic (exact) mass is 731 g/mol. The third-order valence-corrected chi connectivity index (χ3v) is 8.73. The van der Waals surface area contributed by atoms with E-state index < -0.39 is 43.2 Å². The Morgan fingerprint density at radius 1 is 1.10 bits per heavy atom. The molecule has 12 nitrogen and oxygen atoms in total. The molecule has 1 aliphatic carbocycles. The standard InChI is InChI=1S/C34H38ClF4N9O3/c1-20-42-19-44-48(20)26-15-23(9-10-25(26)35)27(18-51-32(50)45-34(11-12-34)29(36)37)47(31(40)41-14-13-33(2,3)4)28(49)22-7-5-21(6-8-22)24-16-43-46(17-24)30(38)39/h5-10,15-17,19,27,29-30H,11-14,18H2,1-4H3,(H2,40,41)(H,45,50)/t27-/m1/s1. The van der Waals surface area contributed by atoms with Gasteiger partial charge in [-0.15, -0.1) is 0 Å². The number of rotatable bonds is 12. The van der Waals surface area contributed by atoms with E-state index in [0.717, 1.165) is 0 Å². The second kappa shape index (κ2) is 15.1. The minimum absolute atomic E-state index is 0.0951. The molecule has 4 aromatic rings. The molecule has 2 aromatic heterocycles. The molecular formula is C34H38ClF4N9O3. The molecule has 5 rings (SSSR count). The van der Waals surface area contributed by atoms with Gasteiger partial charge < -0.3 is 15.8 Å². The van der Waals surface area contributed by atoms with Gasteiger partial charge in [0.1, 0.15) is 24.3 Å². The van der Waals surface area contributed by atoms with Crippen LogP contribution in [0, 0.1) is 12.3 Å². The number of alkyl carbamates (subject to hydrolysis) is 1. The number of hydrogen-bond donors (Lipinski definition) is 2. The highest BCUT2D eigenvalue weighted by molar-refractivity contribution is 6.32. The SMILES string of the molecule is Cc1ncnn1-c1cc([C@@H](COC(=O)NC2(C(F)F)CC2)N(C(=O)c2ccc(-c3cnn(C(F)F)c3)cc2)C(N)=NCCC(C)(C)C)ccc1Cl. The van der Waals surface area contributed by atoms with Crippen LogP contribution < -0.4 is 11.1 Å². The van der Waals surface area contributed by atoms with Crippen molar-refractivity contribution in [3.05, 3.63) is 83.2 Å². The molecule has 272 valence electrons. The van der Waals surface area contributed by atoms with Crippen LogP contribution in [0.5, 0.6) is 0 Å². The largest absolute Gasteiger partial charge is 0.447 e. The summed E-state index contributed by atoms with van der Waals surface area (Å²) < 4.78 is 61.0. The number of carbonyl (C=O) groups excluding carboxylic acids is 2. The molecule has 17 heteroatoms. The van der Waals surface area contributed by atoms with Crippen LogP contribution in [0.2, 0.25) is 5.02 Å². The Kier molecular flexibility index (Phi) is 11.0. The number of halogens is 5. The number of guanidine groups is 1. The number of alkyl halides is 4. The van der Waals surface area contributed by atoms with Crippen molar-refractivity contribution >= 4 is 29.6 Å². The maximum Gasteiger partial charge on any atom is 0.407 e. The molecule has 0 spiro atoms. The molecule has 51 heavy (non-hydrogen) atoms. The summed E-state index contributed by atoms with van der Waals surface area (Å²) in [4.78, 5) is 37.2. The summed E-state index contributed by atoms with van der Waals surface area (Å²) in [5, 5.41) is 10.5. The Balaban J connectivity index is 1.55. The van der Waals surface area contributed by atoms with Crippen molar-refractivity contribution in [3.63, 3.8) is 0 Å². The van der Waals surface area contributed by atoms with Crippen molar-refractivity contribution in [2.45, 2.75) is 71.5 Å². The lowest BCUT2D eigenvalue weighted by atomic mass is 9.92. The minimum atomic E-state index is -2.82. The first-order valence-electron chi connectivity index (χ1n) is 16.0. The Hall–Kier alpha value is -4.99. The summed E-state index contributed by atoms with van der Waals surface area (Å²) in [6.07, 6.45) is 0.731. The van der Waals surface area contributed by atoms with Crippen LogP contribution >= 0.6 is 11.6 Å². The fourth-order valence-electron chi connectivity index (χ4n) is 5.21. The van der Waals surface area contributed by atoms with E-state index in [-0.39, 0.29) is 36.3 Å². The van der Waals surface area contributed by atoms with Crippen LogP contribution in [0.4, 0.5) is 22.4 Å². The third kappa shape index (κ3) is 8.85. The quantitative estimate of drug-likeness (QED) is 0.0912. The van der Waals surface area contributed by atoms with Gasteiger partial charge in [-0.3, -0.25) is 14.7 Å². The molecule has 1 fully saturated rings. The van der Waals surface area contributed by atoms with Crippen molar-refractivity contribution in [1.29, 1.82) is 0 Å². The van der Waals surface area contributed by atoms with Crippen molar-refractivity contribution in [2.24, 2.45) is 16.1 Å². The molecule has 0 bridgehead atoms. The fourth-order valence-corrected chi connectivity index (χ4v) is 5.40. The first-order valence-corrected chi connectivity index (χ1v) is 16.4.